The van der Waals surface area contributed by atoms with E-state index in [9.17, 15) is 8.42 Å². The average Bonchev–Trinajstić information content (AvgIpc) is 3.28. The summed E-state index contributed by atoms with van der Waals surface area (Å²) in [7, 11) is -0.186. The fourth-order valence-electron chi connectivity index (χ4n) is 3.38. The van der Waals surface area contributed by atoms with E-state index < -0.39 is 10.0 Å². The number of rotatable bonds is 7. The van der Waals surface area contributed by atoms with Crippen molar-refractivity contribution in [3.63, 3.8) is 0 Å². The van der Waals surface area contributed by atoms with Crippen LogP contribution in [-0.4, -0.2) is 44.6 Å². The second-order valence-electron chi connectivity index (χ2n) is 6.45. The number of likely N-dealkylation sites (tertiary alicyclic amines) is 1. The second-order valence-corrected chi connectivity index (χ2v) is 8.63. The Balaban J connectivity index is 1.79. The molecule has 0 saturated carbocycles. The Morgan fingerprint density at radius 3 is 2.58 bits per heavy atom. The van der Waals surface area contributed by atoms with E-state index in [2.05, 4.69) is 9.62 Å². The molecule has 1 saturated heterocycles. The third-order valence-corrected chi connectivity index (χ3v) is 6.52. The summed E-state index contributed by atoms with van der Waals surface area (Å²) < 4.78 is 35.3. The molecule has 0 amide bonds. The summed E-state index contributed by atoms with van der Waals surface area (Å²) in [4.78, 5) is 2.47. The van der Waals surface area contributed by atoms with Crippen molar-refractivity contribution in [1.82, 2.24) is 14.2 Å². The third kappa shape index (κ3) is 4.06. The number of hydrogen-bond donors (Lipinski definition) is 1. The van der Waals surface area contributed by atoms with Crippen LogP contribution < -0.4 is 9.46 Å². The number of ether oxygens (including phenoxy) is 1. The van der Waals surface area contributed by atoms with Crippen molar-refractivity contribution in [3.05, 3.63) is 47.2 Å². The highest BCUT2D eigenvalue weighted by molar-refractivity contribution is 7.89. The Hall–Kier alpha value is -1.54. The van der Waals surface area contributed by atoms with Crippen molar-refractivity contribution in [2.75, 3.05) is 26.7 Å². The molecule has 2 heterocycles. The van der Waals surface area contributed by atoms with E-state index in [0.717, 1.165) is 31.6 Å². The molecule has 0 bridgehead atoms. The first kappa shape index (κ1) is 19.2. The molecule has 8 heteroatoms. The zero-order valence-electron chi connectivity index (χ0n) is 15.0. The first-order valence-electron chi connectivity index (χ1n) is 8.61. The van der Waals surface area contributed by atoms with Gasteiger partial charge in [-0.25, -0.2) is 13.1 Å². The van der Waals surface area contributed by atoms with Crippen LogP contribution in [0, 0.1) is 0 Å². The quantitative estimate of drug-likeness (QED) is 0.780. The Bertz CT molecular complexity index is 860. The molecule has 1 aliphatic heterocycles. The summed E-state index contributed by atoms with van der Waals surface area (Å²) in [6, 6.07) is 8.50. The predicted octanol–water partition coefficient (Wildman–Crippen LogP) is 2.80. The first-order chi connectivity index (χ1) is 12.4. The summed E-state index contributed by atoms with van der Waals surface area (Å²) in [5.74, 6) is 0.448. The lowest BCUT2D eigenvalue weighted by molar-refractivity contribution is 0.238. The number of sulfonamides is 1. The van der Waals surface area contributed by atoms with E-state index in [-0.39, 0.29) is 16.0 Å². The van der Waals surface area contributed by atoms with Gasteiger partial charge in [0.2, 0.25) is 10.0 Å². The molecule has 1 aliphatic rings. The predicted molar refractivity (Wildman–Crippen MR) is 102 cm³/mol. The van der Waals surface area contributed by atoms with Gasteiger partial charge in [0.1, 0.15) is 5.75 Å². The van der Waals surface area contributed by atoms with E-state index in [1.165, 1.54) is 19.2 Å². The minimum absolute atomic E-state index is 0.000922. The molecule has 1 N–H and O–H groups in total. The molecule has 3 rings (SSSR count). The van der Waals surface area contributed by atoms with Gasteiger partial charge in [-0.3, -0.25) is 4.90 Å². The molecule has 2 aromatic rings. The monoisotopic (exact) mass is 397 g/mol. The van der Waals surface area contributed by atoms with Crippen molar-refractivity contribution in [1.29, 1.82) is 0 Å². The zero-order valence-corrected chi connectivity index (χ0v) is 16.6. The van der Waals surface area contributed by atoms with Crippen LogP contribution in [0.15, 0.2) is 41.4 Å². The summed E-state index contributed by atoms with van der Waals surface area (Å²) in [5.41, 5.74) is 1.10. The number of methoxy groups -OCH3 is 1. The molecule has 0 aliphatic carbocycles. The largest absolute Gasteiger partial charge is 0.495 e. The highest BCUT2D eigenvalue weighted by atomic mass is 35.5. The van der Waals surface area contributed by atoms with Crippen LogP contribution in [0.4, 0.5) is 0 Å². The third-order valence-electron chi connectivity index (χ3n) is 4.81. The summed E-state index contributed by atoms with van der Waals surface area (Å²) in [5, 5.41) is 0.272. The lowest BCUT2D eigenvalue weighted by Gasteiger charge is -2.28. The van der Waals surface area contributed by atoms with Crippen LogP contribution in [0.3, 0.4) is 0 Å². The molecule has 26 heavy (non-hydrogen) atoms. The van der Waals surface area contributed by atoms with Gasteiger partial charge in [0.15, 0.2) is 0 Å². The minimum Gasteiger partial charge on any atom is -0.495 e. The van der Waals surface area contributed by atoms with Gasteiger partial charge in [0.25, 0.3) is 0 Å². The maximum atomic E-state index is 12.7. The number of aryl methyl sites for hydroxylation is 1. The number of aromatic nitrogens is 1. The van der Waals surface area contributed by atoms with Crippen molar-refractivity contribution in [2.45, 2.75) is 23.8 Å². The van der Waals surface area contributed by atoms with E-state index in [1.54, 1.807) is 6.07 Å². The van der Waals surface area contributed by atoms with Crippen LogP contribution in [0.25, 0.3) is 0 Å². The molecule has 0 spiro atoms. The molecule has 1 aromatic heterocycles. The molecular formula is C18H24ClN3O3S. The van der Waals surface area contributed by atoms with Crippen molar-refractivity contribution >= 4 is 21.6 Å². The van der Waals surface area contributed by atoms with Crippen molar-refractivity contribution in [2.24, 2.45) is 7.05 Å². The van der Waals surface area contributed by atoms with Gasteiger partial charge >= 0.3 is 0 Å². The van der Waals surface area contributed by atoms with Gasteiger partial charge in [-0.15, -0.1) is 0 Å². The molecule has 0 radical (unpaired) electrons. The van der Waals surface area contributed by atoms with E-state index in [0.29, 0.717) is 12.3 Å². The fourth-order valence-corrected chi connectivity index (χ4v) is 4.77. The molecule has 1 atom stereocenters. The molecule has 1 unspecified atom stereocenters. The van der Waals surface area contributed by atoms with Crippen molar-refractivity contribution < 1.29 is 13.2 Å². The Kier molecular flexibility index (Phi) is 5.92. The smallest absolute Gasteiger partial charge is 0.240 e. The van der Waals surface area contributed by atoms with Gasteiger partial charge in [0, 0.05) is 25.5 Å². The van der Waals surface area contributed by atoms with Gasteiger partial charge in [-0.05, 0) is 56.3 Å². The first-order valence-corrected chi connectivity index (χ1v) is 10.5. The van der Waals surface area contributed by atoms with Gasteiger partial charge in [-0.2, -0.15) is 0 Å². The van der Waals surface area contributed by atoms with Gasteiger partial charge in [0.05, 0.1) is 23.1 Å². The van der Waals surface area contributed by atoms with Crippen LogP contribution in [0.5, 0.6) is 5.75 Å². The van der Waals surface area contributed by atoms with Gasteiger partial charge < -0.3 is 9.30 Å². The summed E-state index contributed by atoms with van der Waals surface area (Å²) in [6.07, 6.45) is 4.26. The Labute approximate surface area is 159 Å². The lowest BCUT2D eigenvalue weighted by atomic mass is 10.2. The molecule has 6 nitrogen and oxygen atoms in total. The van der Waals surface area contributed by atoms with Crippen LogP contribution in [0.1, 0.15) is 24.6 Å². The molecule has 1 aromatic carbocycles. The maximum Gasteiger partial charge on any atom is 0.240 e. The molecule has 1 fully saturated rings. The van der Waals surface area contributed by atoms with E-state index >= 15 is 0 Å². The highest BCUT2D eigenvalue weighted by Crippen LogP contribution is 2.28. The number of benzene rings is 1. The SMILES string of the molecule is COc1ccc(S(=O)(=O)NCC(c2cccn2C)N2CCCC2)cc1Cl. The minimum atomic E-state index is -3.66. The van der Waals surface area contributed by atoms with Crippen LogP contribution in [0.2, 0.25) is 5.02 Å². The Morgan fingerprint density at radius 2 is 2.00 bits per heavy atom. The summed E-state index contributed by atoms with van der Waals surface area (Å²) >= 11 is 6.08. The number of nitrogens with one attached hydrogen (secondary N) is 1. The topological polar surface area (TPSA) is 63.6 Å². The van der Waals surface area contributed by atoms with Crippen molar-refractivity contribution in [3.8, 4) is 5.75 Å². The number of nitrogens with zero attached hydrogens (tertiary/aromatic N) is 2. The standard InChI is InChI=1S/C18H24ClN3O3S/c1-21-9-5-6-16(21)17(22-10-3-4-11-22)13-20-26(23,24)14-7-8-18(25-2)15(19)12-14/h5-9,12,17,20H,3-4,10-11,13H2,1-2H3. The number of halogens is 1. The highest BCUT2D eigenvalue weighted by Gasteiger charge is 2.27. The second kappa shape index (κ2) is 8.00. The average molecular weight is 398 g/mol. The van der Waals surface area contributed by atoms with E-state index in [4.69, 9.17) is 16.3 Å². The normalized spacial score (nSPS) is 16.7. The zero-order chi connectivity index (χ0) is 18.7. The number of hydrogen-bond acceptors (Lipinski definition) is 4. The van der Waals surface area contributed by atoms with Gasteiger partial charge in [-0.1, -0.05) is 11.6 Å². The van der Waals surface area contributed by atoms with Crippen LogP contribution >= 0.6 is 11.6 Å². The fraction of sp³-hybridized carbons (Fsp3) is 0.444. The maximum absolute atomic E-state index is 12.7. The summed E-state index contributed by atoms with van der Waals surface area (Å²) in [6.45, 7) is 2.27. The van der Waals surface area contributed by atoms with Crippen LogP contribution in [-0.2, 0) is 17.1 Å². The Morgan fingerprint density at radius 1 is 1.27 bits per heavy atom. The lowest BCUT2D eigenvalue weighted by Crippen LogP contribution is -2.37. The van der Waals surface area contributed by atoms with E-state index in [1.807, 2.05) is 29.9 Å². The molecular weight excluding hydrogens is 374 g/mol. The molecule has 142 valence electrons.